The smallest absolute Gasteiger partial charge is 0.382 e. The molecular weight excluding hydrogens is 598 g/mol. The molecule has 2 aliphatic heterocycles. The second-order valence-electron chi connectivity index (χ2n) is 10.1. The Morgan fingerprint density at radius 2 is 1.45 bits per heavy atom. The van der Waals surface area contributed by atoms with E-state index in [4.69, 9.17) is 6.57 Å². The van der Waals surface area contributed by atoms with Crippen LogP contribution in [0.4, 0.5) is 49.1 Å². The lowest BCUT2D eigenvalue weighted by Crippen LogP contribution is -2.50. The van der Waals surface area contributed by atoms with Gasteiger partial charge in [-0.2, -0.15) is 26.3 Å². The molecule has 0 saturated carbocycles. The van der Waals surface area contributed by atoms with E-state index < -0.39 is 58.0 Å². The van der Waals surface area contributed by atoms with Gasteiger partial charge >= 0.3 is 12.4 Å². The fourth-order valence-electron chi connectivity index (χ4n) is 5.13. The van der Waals surface area contributed by atoms with Crippen molar-refractivity contribution in [2.24, 2.45) is 0 Å². The van der Waals surface area contributed by atoms with Gasteiger partial charge in [0, 0.05) is 62.8 Å². The summed E-state index contributed by atoms with van der Waals surface area (Å²) in [5.74, 6) is -0.833. The molecule has 0 bridgehead atoms. The van der Waals surface area contributed by atoms with Crippen molar-refractivity contribution in [1.82, 2.24) is 9.80 Å². The average molecular weight is 629 g/mol. The van der Waals surface area contributed by atoms with E-state index in [1.807, 2.05) is 0 Å². The molecule has 1 N–H and O–H groups in total. The van der Waals surface area contributed by atoms with Crippen LogP contribution in [0.2, 0.25) is 0 Å². The molecule has 0 spiro atoms. The molecule has 10 nitrogen and oxygen atoms in total. The Balaban J connectivity index is 0.00000529. The minimum atomic E-state index is -4.91. The molecular formula is C28H30F6N6O4. The molecule has 2 aromatic rings. The maximum Gasteiger partial charge on any atom is 0.423 e. The zero-order valence-corrected chi connectivity index (χ0v) is 22.5. The number of alkyl halides is 6. The highest BCUT2D eigenvalue weighted by atomic mass is 19.4. The number of nitrogens with zero attached hydrogens (tertiary/aromatic N) is 5. The number of carbonyl (C=O) groups excluding carboxylic acids is 2. The van der Waals surface area contributed by atoms with Crippen molar-refractivity contribution >= 4 is 34.6 Å². The van der Waals surface area contributed by atoms with Gasteiger partial charge in [-0.3, -0.25) is 19.7 Å². The lowest BCUT2D eigenvalue weighted by Gasteiger charge is -2.37. The van der Waals surface area contributed by atoms with Crippen LogP contribution in [0, 0.1) is 16.7 Å². The molecule has 238 valence electrons. The Hall–Kier alpha value is -4.55. The van der Waals surface area contributed by atoms with Gasteiger partial charge in [-0.05, 0) is 37.1 Å². The van der Waals surface area contributed by atoms with Crippen LogP contribution in [0.1, 0.15) is 37.8 Å². The molecule has 2 saturated heterocycles. The van der Waals surface area contributed by atoms with Gasteiger partial charge in [0.2, 0.25) is 11.8 Å². The lowest BCUT2D eigenvalue weighted by molar-refractivity contribution is -0.388. The third-order valence-corrected chi connectivity index (χ3v) is 7.42. The number of piperidine rings is 1. The van der Waals surface area contributed by atoms with Gasteiger partial charge in [0.05, 0.1) is 17.1 Å². The van der Waals surface area contributed by atoms with E-state index in [1.54, 1.807) is 4.90 Å². The lowest BCUT2D eigenvalue weighted by atomic mass is 10.0. The summed E-state index contributed by atoms with van der Waals surface area (Å²) >= 11 is 0. The third-order valence-electron chi connectivity index (χ3n) is 7.42. The topological polar surface area (TPSA) is 103 Å². The Labute approximate surface area is 249 Å². The SMILES string of the molecule is C.[C-]#[N+]c1ccc(N2CCN(C(=O)CC(=O)N3CCC(Nc4ccc([N+](=O)[O-])c(C(F)(F)F)c4)CC3)CC2)cc1C(F)(F)F. The molecule has 2 aromatic carbocycles. The van der Waals surface area contributed by atoms with Crippen LogP contribution in [0.15, 0.2) is 36.4 Å². The molecule has 0 unspecified atom stereocenters. The normalized spacial score (nSPS) is 16.2. The number of nitrogens with one attached hydrogen (secondary N) is 1. The van der Waals surface area contributed by atoms with Crippen LogP contribution in [0.5, 0.6) is 0 Å². The van der Waals surface area contributed by atoms with Gasteiger partial charge in [-0.25, -0.2) is 4.85 Å². The minimum absolute atomic E-state index is 0. The molecule has 16 heteroatoms. The van der Waals surface area contributed by atoms with Gasteiger partial charge in [-0.1, -0.05) is 13.5 Å². The summed E-state index contributed by atoms with van der Waals surface area (Å²) in [4.78, 5) is 43.0. The minimum Gasteiger partial charge on any atom is -0.382 e. The number of nitro benzene ring substituents is 1. The van der Waals surface area contributed by atoms with Gasteiger partial charge in [0.1, 0.15) is 12.0 Å². The first kappa shape index (κ1) is 33.9. The number of carbonyl (C=O) groups is 2. The molecule has 0 radical (unpaired) electrons. The monoisotopic (exact) mass is 628 g/mol. The molecule has 2 heterocycles. The number of halogens is 6. The van der Waals surface area contributed by atoms with Gasteiger partial charge in [-0.15, -0.1) is 0 Å². The van der Waals surface area contributed by atoms with Crippen molar-refractivity contribution in [3.63, 3.8) is 0 Å². The Morgan fingerprint density at radius 1 is 0.886 bits per heavy atom. The van der Waals surface area contributed by atoms with E-state index in [2.05, 4.69) is 10.2 Å². The van der Waals surface area contributed by atoms with Crippen molar-refractivity contribution in [3.8, 4) is 0 Å². The van der Waals surface area contributed by atoms with Crippen LogP contribution in [-0.2, 0) is 21.9 Å². The first-order chi connectivity index (χ1) is 20.2. The van der Waals surface area contributed by atoms with Crippen LogP contribution in [0.25, 0.3) is 4.85 Å². The number of benzene rings is 2. The highest BCUT2D eigenvalue weighted by Gasteiger charge is 2.39. The third kappa shape index (κ3) is 7.88. The first-order valence-corrected chi connectivity index (χ1v) is 13.2. The summed E-state index contributed by atoms with van der Waals surface area (Å²) in [5.41, 5.74) is -3.59. The van der Waals surface area contributed by atoms with Crippen LogP contribution in [0.3, 0.4) is 0 Å². The number of amides is 2. The fraction of sp³-hybridized carbons (Fsp3) is 0.464. The molecule has 4 rings (SSSR count). The number of likely N-dealkylation sites (tertiary alicyclic amines) is 1. The number of hydrogen-bond acceptors (Lipinski definition) is 6. The van der Waals surface area contributed by atoms with Crippen LogP contribution in [-0.4, -0.2) is 71.8 Å². The predicted molar refractivity (Wildman–Crippen MR) is 149 cm³/mol. The van der Waals surface area contributed by atoms with Crippen molar-refractivity contribution in [3.05, 3.63) is 69.1 Å². The Morgan fingerprint density at radius 3 is 1.98 bits per heavy atom. The number of piperazine rings is 1. The van der Waals surface area contributed by atoms with Crippen molar-refractivity contribution in [2.45, 2.75) is 45.1 Å². The van der Waals surface area contributed by atoms with E-state index in [1.165, 1.54) is 21.9 Å². The summed E-state index contributed by atoms with van der Waals surface area (Å²) in [6, 6.07) is 5.85. The highest BCUT2D eigenvalue weighted by molar-refractivity contribution is 5.97. The quantitative estimate of drug-likeness (QED) is 0.139. The second-order valence-corrected chi connectivity index (χ2v) is 10.1. The molecule has 2 amide bonds. The summed E-state index contributed by atoms with van der Waals surface area (Å²) in [6.45, 7) is 8.33. The van der Waals surface area contributed by atoms with Gasteiger partial charge in [0.25, 0.3) is 5.69 Å². The summed E-state index contributed by atoms with van der Waals surface area (Å²) in [7, 11) is 0. The van der Waals surface area contributed by atoms with Crippen LogP contribution < -0.4 is 10.2 Å². The molecule has 0 atom stereocenters. The van der Waals surface area contributed by atoms with E-state index in [0.29, 0.717) is 18.9 Å². The van der Waals surface area contributed by atoms with E-state index in [-0.39, 0.29) is 64.1 Å². The second kappa shape index (κ2) is 13.4. The Bertz CT molecular complexity index is 1430. The van der Waals surface area contributed by atoms with Gasteiger partial charge in [0.15, 0.2) is 5.69 Å². The summed E-state index contributed by atoms with van der Waals surface area (Å²) in [6.07, 6.45) is -9.23. The average Bonchev–Trinajstić information content (AvgIpc) is 2.96. The Kier molecular flexibility index (Phi) is 10.3. The zero-order chi connectivity index (χ0) is 31.5. The highest BCUT2D eigenvalue weighted by Crippen LogP contribution is 2.39. The zero-order valence-electron chi connectivity index (χ0n) is 22.5. The maximum absolute atomic E-state index is 13.3. The number of nitro groups is 1. The molecule has 2 aliphatic rings. The predicted octanol–water partition coefficient (Wildman–Crippen LogP) is 5.96. The summed E-state index contributed by atoms with van der Waals surface area (Å²) < 4.78 is 79.8. The van der Waals surface area contributed by atoms with Crippen molar-refractivity contribution in [1.29, 1.82) is 0 Å². The number of anilines is 2. The standard InChI is InChI=1S/C27H26F6N6O4.CH4/c1-34-22-4-3-19(15-20(22)26(28,29)30)36-10-12-38(13-11-36)25(41)16-24(40)37-8-6-17(7-9-37)35-18-2-5-23(39(42)43)21(14-18)27(31,32)33;/h2-5,14-15,17,35H,6-13,16H2;1H4. The molecule has 0 aliphatic carbocycles. The first-order valence-electron chi connectivity index (χ1n) is 13.2. The van der Waals surface area contributed by atoms with E-state index >= 15 is 0 Å². The molecule has 0 aromatic heterocycles. The van der Waals surface area contributed by atoms with E-state index in [0.717, 1.165) is 18.2 Å². The largest absolute Gasteiger partial charge is 0.423 e. The summed E-state index contributed by atoms with van der Waals surface area (Å²) in [5, 5.41) is 13.9. The molecule has 2 fully saturated rings. The van der Waals surface area contributed by atoms with Crippen molar-refractivity contribution < 1.29 is 40.9 Å². The number of rotatable bonds is 6. The fourth-order valence-corrected chi connectivity index (χ4v) is 5.13. The molecule has 44 heavy (non-hydrogen) atoms. The number of hydrogen-bond donors (Lipinski definition) is 1. The van der Waals surface area contributed by atoms with E-state index in [9.17, 15) is 46.0 Å². The maximum atomic E-state index is 13.3. The van der Waals surface area contributed by atoms with Crippen LogP contribution >= 0.6 is 0 Å². The van der Waals surface area contributed by atoms with Gasteiger partial charge < -0.3 is 20.0 Å². The van der Waals surface area contributed by atoms with Crippen molar-refractivity contribution in [2.75, 3.05) is 49.5 Å².